The van der Waals surface area contributed by atoms with Gasteiger partial charge in [0.2, 0.25) is 0 Å². The maximum Gasteiger partial charge on any atom is 0.307 e. The molecule has 0 spiro atoms. The summed E-state index contributed by atoms with van der Waals surface area (Å²) in [6.45, 7) is 8.93. The van der Waals surface area contributed by atoms with Crippen LogP contribution in [-0.4, -0.2) is 41.8 Å². The molecule has 0 radical (unpaired) electrons. The SMILES string of the molecule is C=CCOc1ccc2c(c1)C(CCn1ccnc1)CN2CCC(=O)OCC. The molecule has 2 heterocycles. The largest absolute Gasteiger partial charge is 0.490 e. The maximum absolute atomic E-state index is 11.8. The number of nitrogens with zero attached hydrogens (tertiary/aromatic N) is 3. The van der Waals surface area contributed by atoms with Gasteiger partial charge in [0.25, 0.3) is 0 Å². The number of aromatic nitrogens is 2. The Labute approximate surface area is 160 Å². The molecular formula is C21H27N3O3. The van der Waals surface area contributed by atoms with Crippen molar-refractivity contribution in [1.82, 2.24) is 9.55 Å². The first-order chi connectivity index (χ1) is 13.2. The smallest absolute Gasteiger partial charge is 0.307 e. The summed E-state index contributed by atoms with van der Waals surface area (Å²) < 4.78 is 12.9. The molecule has 0 saturated carbocycles. The van der Waals surface area contributed by atoms with Crippen molar-refractivity contribution in [1.29, 1.82) is 0 Å². The minimum atomic E-state index is -0.146. The van der Waals surface area contributed by atoms with E-state index in [0.29, 0.717) is 32.1 Å². The number of benzene rings is 1. The number of carbonyl (C=O) groups excluding carboxylic acids is 1. The molecule has 6 heteroatoms. The third-order valence-electron chi connectivity index (χ3n) is 4.77. The molecule has 0 saturated heterocycles. The van der Waals surface area contributed by atoms with Crippen molar-refractivity contribution in [3.05, 3.63) is 55.1 Å². The van der Waals surface area contributed by atoms with Gasteiger partial charge < -0.3 is 18.9 Å². The van der Waals surface area contributed by atoms with Crippen molar-refractivity contribution in [2.45, 2.75) is 32.2 Å². The van der Waals surface area contributed by atoms with Gasteiger partial charge in [-0.2, -0.15) is 0 Å². The van der Waals surface area contributed by atoms with E-state index < -0.39 is 0 Å². The van der Waals surface area contributed by atoms with E-state index in [1.165, 1.54) is 11.3 Å². The van der Waals surface area contributed by atoms with Gasteiger partial charge in [-0.25, -0.2) is 4.98 Å². The van der Waals surface area contributed by atoms with Gasteiger partial charge in [0.15, 0.2) is 0 Å². The molecule has 3 rings (SSSR count). The van der Waals surface area contributed by atoms with Crippen molar-refractivity contribution in [2.24, 2.45) is 0 Å². The average molecular weight is 369 g/mol. The first kappa shape index (κ1) is 19.0. The molecule has 2 aromatic rings. The van der Waals surface area contributed by atoms with Crippen LogP contribution in [0.5, 0.6) is 5.75 Å². The summed E-state index contributed by atoms with van der Waals surface area (Å²) >= 11 is 0. The zero-order valence-electron chi connectivity index (χ0n) is 15.8. The Bertz CT molecular complexity index is 758. The Balaban J connectivity index is 1.72. The second-order valence-electron chi connectivity index (χ2n) is 6.61. The van der Waals surface area contributed by atoms with Gasteiger partial charge in [-0.15, -0.1) is 0 Å². The molecule has 0 N–H and O–H groups in total. The summed E-state index contributed by atoms with van der Waals surface area (Å²) in [7, 11) is 0. The standard InChI is InChI=1S/C21H27N3O3/c1-3-13-27-18-5-6-20-19(14-18)17(7-10-23-12-9-22-16-23)15-24(20)11-8-21(25)26-4-2/h3,5-6,9,12,14,16-17H,1,4,7-8,10-11,13,15H2,2H3. The lowest BCUT2D eigenvalue weighted by atomic mass is 9.97. The quantitative estimate of drug-likeness (QED) is 0.475. The van der Waals surface area contributed by atoms with Crippen LogP contribution in [0.3, 0.4) is 0 Å². The van der Waals surface area contributed by atoms with E-state index in [4.69, 9.17) is 9.47 Å². The summed E-state index contributed by atoms with van der Waals surface area (Å²) in [6, 6.07) is 6.20. The van der Waals surface area contributed by atoms with Crippen molar-refractivity contribution >= 4 is 11.7 Å². The number of hydrogen-bond donors (Lipinski definition) is 0. The monoisotopic (exact) mass is 369 g/mol. The van der Waals surface area contributed by atoms with E-state index in [9.17, 15) is 4.79 Å². The number of rotatable bonds is 10. The van der Waals surface area contributed by atoms with Crippen molar-refractivity contribution in [3.63, 3.8) is 0 Å². The van der Waals surface area contributed by atoms with Crippen LogP contribution in [0.2, 0.25) is 0 Å². The first-order valence-electron chi connectivity index (χ1n) is 9.45. The predicted molar refractivity (Wildman–Crippen MR) is 105 cm³/mol. The van der Waals surface area contributed by atoms with Crippen LogP contribution in [0, 0.1) is 0 Å². The van der Waals surface area contributed by atoms with E-state index in [0.717, 1.165) is 25.3 Å². The fraction of sp³-hybridized carbons (Fsp3) is 0.429. The number of ether oxygens (including phenoxy) is 2. The average Bonchev–Trinajstić information content (AvgIpc) is 3.31. The first-order valence-corrected chi connectivity index (χ1v) is 9.45. The molecule has 0 aliphatic carbocycles. The molecule has 0 amide bonds. The number of aryl methyl sites for hydroxylation is 1. The summed E-state index contributed by atoms with van der Waals surface area (Å²) in [5.41, 5.74) is 2.46. The Kier molecular flexibility index (Phi) is 6.52. The van der Waals surface area contributed by atoms with Crippen molar-refractivity contribution in [3.8, 4) is 5.75 Å². The third-order valence-corrected chi connectivity index (χ3v) is 4.77. The Hall–Kier alpha value is -2.76. The highest BCUT2D eigenvalue weighted by atomic mass is 16.5. The van der Waals surface area contributed by atoms with Crippen LogP contribution in [0.1, 0.15) is 31.2 Å². The minimum absolute atomic E-state index is 0.146. The highest BCUT2D eigenvalue weighted by Gasteiger charge is 2.29. The number of carbonyl (C=O) groups is 1. The number of fused-ring (bicyclic) bond motifs is 1. The highest BCUT2D eigenvalue weighted by Crippen LogP contribution is 2.40. The molecule has 6 nitrogen and oxygen atoms in total. The molecule has 144 valence electrons. The van der Waals surface area contributed by atoms with Gasteiger partial charge in [0, 0.05) is 43.6 Å². The highest BCUT2D eigenvalue weighted by molar-refractivity contribution is 5.71. The molecule has 1 aromatic carbocycles. The van der Waals surface area contributed by atoms with E-state index in [1.54, 1.807) is 12.3 Å². The lowest BCUT2D eigenvalue weighted by Crippen LogP contribution is -2.25. The summed E-state index contributed by atoms with van der Waals surface area (Å²) in [5, 5.41) is 0. The van der Waals surface area contributed by atoms with Gasteiger partial charge in [0.1, 0.15) is 12.4 Å². The molecule has 1 aliphatic rings. The molecule has 1 aromatic heterocycles. The lowest BCUT2D eigenvalue weighted by Gasteiger charge is -2.19. The molecule has 0 bridgehead atoms. The van der Waals surface area contributed by atoms with Gasteiger partial charge in [-0.05, 0) is 37.1 Å². The summed E-state index contributed by atoms with van der Waals surface area (Å²) in [5.74, 6) is 1.09. The number of esters is 1. The Morgan fingerprint density at radius 2 is 2.30 bits per heavy atom. The lowest BCUT2D eigenvalue weighted by molar-refractivity contribution is -0.142. The minimum Gasteiger partial charge on any atom is -0.490 e. The van der Waals surface area contributed by atoms with Gasteiger partial charge in [-0.1, -0.05) is 12.7 Å². The Morgan fingerprint density at radius 3 is 3.04 bits per heavy atom. The van der Waals surface area contributed by atoms with E-state index >= 15 is 0 Å². The Morgan fingerprint density at radius 1 is 1.41 bits per heavy atom. The summed E-state index contributed by atoms with van der Waals surface area (Å²) in [4.78, 5) is 18.2. The molecular weight excluding hydrogens is 342 g/mol. The van der Waals surface area contributed by atoms with Crippen LogP contribution in [-0.2, 0) is 16.1 Å². The van der Waals surface area contributed by atoms with E-state index in [2.05, 4.69) is 33.2 Å². The molecule has 1 aliphatic heterocycles. The zero-order chi connectivity index (χ0) is 19.1. The molecule has 1 unspecified atom stereocenters. The van der Waals surface area contributed by atoms with E-state index in [1.807, 2.05) is 25.5 Å². The van der Waals surface area contributed by atoms with E-state index in [-0.39, 0.29) is 5.97 Å². The number of imidazole rings is 1. The third kappa shape index (κ3) is 4.90. The number of hydrogen-bond acceptors (Lipinski definition) is 5. The molecule has 27 heavy (non-hydrogen) atoms. The van der Waals surface area contributed by atoms with Gasteiger partial charge in [0.05, 0.1) is 19.4 Å². The van der Waals surface area contributed by atoms with Crippen LogP contribution < -0.4 is 9.64 Å². The molecule has 0 fully saturated rings. The maximum atomic E-state index is 11.8. The van der Waals surface area contributed by atoms with Crippen LogP contribution in [0.15, 0.2) is 49.6 Å². The second-order valence-corrected chi connectivity index (χ2v) is 6.61. The topological polar surface area (TPSA) is 56.6 Å². The fourth-order valence-electron chi connectivity index (χ4n) is 3.50. The van der Waals surface area contributed by atoms with Crippen LogP contribution >= 0.6 is 0 Å². The normalized spacial score (nSPS) is 15.4. The predicted octanol–water partition coefficient (Wildman–Crippen LogP) is 3.40. The number of anilines is 1. The second kappa shape index (κ2) is 9.26. The van der Waals surface area contributed by atoms with Gasteiger partial charge in [-0.3, -0.25) is 4.79 Å². The van der Waals surface area contributed by atoms with Crippen molar-refractivity contribution in [2.75, 3.05) is 31.2 Å². The fourth-order valence-corrected chi connectivity index (χ4v) is 3.50. The zero-order valence-corrected chi connectivity index (χ0v) is 15.8. The summed E-state index contributed by atoms with van der Waals surface area (Å²) in [6.07, 6.45) is 8.78. The van der Waals surface area contributed by atoms with Crippen LogP contribution in [0.4, 0.5) is 5.69 Å². The van der Waals surface area contributed by atoms with Crippen LogP contribution in [0.25, 0.3) is 0 Å². The molecule has 1 atom stereocenters. The van der Waals surface area contributed by atoms with Gasteiger partial charge >= 0.3 is 5.97 Å². The van der Waals surface area contributed by atoms with Crippen molar-refractivity contribution < 1.29 is 14.3 Å².